The minimum absolute atomic E-state index is 0.123. The van der Waals surface area contributed by atoms with Gasteiger partial charge in [0.2, 0.25) is 0 Å². The van der Waals surface area contributed by atoms with E-state index >= 15 is 0 Å². The van der Waals surface area contributed by atoms with Crippen LogP contribution in [0.2, 0.25) is 0 Å². The van der Waals surface area contributed by atoms with Crippen LogP contribution in [-0.2, 0) is 5.67 Å². The van der Waals surface area contributed by atoms with Gasteiger partial charge in [-0.2, -0.15) is 9.50 Å². The van der Waals surface area contributed by atoms with Gasteiger partial charge in [0, 0.05) is 17.4 Å². The van der Waals surface area contributed by atoms with Gasteiger partial charge >= 0.3 is 0 Å². The predicted molar refractivity (Wildman–Crippen MR) is 84.1 cm³/mol. The van der Waals surface area contributed by atoms with E-state index in [0.717, 1.165) is 11.4 Å². The summed E-state index contributed by atoms with van der Waals surface area (Å²) in [5.74, 6) is 1.21. The fourth-order valence-electron chi connectivity index (χ4n) is 2.11. The van der Waals surface area contributed by atoms with Gasteiger partial charge in [-0.15, -0.1) is 5.10 Å². The van der Waals surface area contributed by atoms with Crippen LogP contribution in [0.1, 0.15) is 30.9 Å². The standard InChI is InChI=1S/C16H18FN5/c1-10-5-7-12(8-6-10)19-13-9-11(2)18-15-20-14(16(3,4)17)21-22(13)15/h5-9,19H,1-4H3. The van der Waals surface area contributed by atoms with Gasteiger partial charge in [0.15, 0.2) is 11.5 Å². The van der Waals surface area contributed by atoms with Crippen LogP contribution in [0.5, 0.6) is 0 Å². The lowest BCUT2D eigenvalue weighted by Gasteiger charge is -2.09. The molecule has 0 unspecified atom stereocenters. The fraction of sp³-hybridized carbons (Fsp3) is 0.312. The summed E-state index contributed by atoms with van der Waals surface area (Å²) in [5.41, 5.74) is 1.29. The third kappa shape index (κ3) is 2.77. The fourth-order valence-corrected chi connectivity index (χ4v) is 2.11. The Bertz CT molecular complexity index is 815. The lowest BCUT2D eigenvalue weighted by Crippen LogP contribution is -2.11. The van der Waals surface area contributed by atoms with Crippen LogP contribution in [0.4, 0.5) is 15.9 Å². The topological polar surface area (TPSA) is 55.1 Å². The average molecular weight is 299 g/mol. The van der Waals surface area contributed by atoms with Crippen molar-refractivity contribution in [3.05, 3.63) is 47.4 Å². The lowest BCUT2D eigenvalue weighted by atomic mass is 10.2. The zero-order chi connectivity index (χ0) is 15.9. The Labute approximate surface area is 128 Å². The summed E-state index contributed by atoms with van der Waals surface area (Å²) in [6.07, 6.45) is 0. The second-order valence-electron chi connectivity index (χ2n) is 5.89. The van der Waals surface area contributed by atoms with E-state index in [0.29, 0.717) is 11.6 Å². The first-order chi connectivity index (χ1) is 10.3. The molecule has 2 heterocycles. The Kier molecular flexibility index (Phi) is 3.31. The van der Waals surface area contributed by atoms with Crippen LogP contribution in [-0.4, -0.2) is 19.6 Å². The largest absolute Gasteiger partial charge is 0.340 e. The highest BCUT2D eigenvalue weighted by molar-refractivity contribution is 5.59. The molecule has 0 aliphatic heterocycles. The molecule has 0 saturated heterocycles. The molecule has 22 heavy (non-hydrogen) atoms. The minimum Gasteiger partial charge on any atom is -0.340 e. The summed E-state index contributed by atoms with van der Waals surface area (Å²) in [6, 6.07) is 9.86. The molecule has 3 rings (SSSR count). The Hall–Kier alpha value is -2.50. The quantitative estimate of drug-likeness (QED) is 0.801. The van der Waals surface area contributed by atoms with Crippen LogP contribution in [0.15, 0.2) is 30.3 Å². The van der Waals surface area contributed by atoms with Gasteiger partial charge in [-0.3, -0.25) is 0 Å². The van der Waals surface area contributed by atoms with Gasteiger partial charge in [-0.05, 0) is 39.8 Å². The number of hydrogen-bond acceptors (Lipinski definition) is 4. The summed E-state index contributed by atoms with van der Waals surface area (Å²) in [7, 11) is 0. The maximum atomic E-state index is 14.1. The van der Waals surface area contributed by atoms with E-state index in [9.17, 15) is 4.39 Å². The third-order valence-corrected chi connectivity index (χ3v) is 3.30. The molecule has 0 aliphatic rings. The number of hydrogen-bond donors (Lipinski definition) is 1. The van der Waals surface area contributed by atoms with E-state index < -0.39 is 5.67 Å². The molecule has 0 radical (unpaired) electrons. The van der Waals surface area contributed by atoms with Crippen molar-refractivity contribution in [3.8, 4) is 0 Å². The molecule has 0 bridgehead atoms. The molecular weight excluding hydrogens is 281 g/mol. The monoisotopic (exact) mass is 299 g/mol. The number of fused-ring (bicyclic) bond motifs is 1. The summed E-state index contributed by atoms with van der Waals surface area (Å²) < 4.78 is 15.6. The van der Waals surface area contributed by atoms with Crippen LogP contribution in [0.25, 0.3) is 5.78 Å². The lowest BCUT2D eigenvalue weighted by molar-refractivity contribution is 0.207. The van der Waals surface area contributed by atoms with Gasteiger partial charge < -0.3 is 5.32 Å². The number of anilines is 2. The first-order valence-corrected chi connectivity index (χ1v) is 7.10. The summed E-state index contributed by atoms with van der Waals surface area (Å²) in [6.45, 7) is 6.77. The highest BCUT2D eigenvalue weighted by Gasteiger charge is 2.25. The second kappa shape index (κ2) is 5.05. The van der Waals surface area contributed by atoms with Crippen molar-refractivity contribution in [2.24, 2.45) is 0 Å². The van der Waals surface area contributed by atoms with E-state index in [1.165, 1.54) is 23.9 Å². The molecule has 0 aliphatic carbocycles. The van der Waals surface area contributed by atoms with Crippen LogP contribution >= 0.6 is 0 Å². The van der Waals surface area contributed by atoms with Crippen LogP contribution < -0.4 is 5.32 Å². The van der Waals surface area contributed by atoms with E-state index in [-0.39, 0.29) is 5.82 Å². The average Bonchev–Trinajstić information content (AvgIpc) is 2.85. The summed E-state index contributed by atoms with van der Waals surface area (Å²) in [4.78, 5) is 8.50. The van der Waals surface area contributed by atoms with Gasteiger partial charge in [0.05, 0.1) is 0 Å². The Morgan fingerprint density at radius 1 is 1.09 bits per heavy atom. The second-order valence-corrected chi connectivity index (χ2v) is 5.89. The van der Waals surface area contributed by atoms with Gasteiger partial charge in [0.1, 0.15) is 5.82 Å². The number of aromatic nitrogens is 4. The highest BCUT2D eigenvalue weighted by Crippen LogP contribution is 2.24. The highest BCUT2D eigenvalue weighted by atomic mass is 19.1. The molecule has 5 nitrogen and oxygen atoms in total. The van der Waals surface area contributed by atoms with Gasteiger partial charge in [-0.25, -0.2) is 9.37 Å². The Balaban J connectivity index is 2.08. The van der Waals surface area contributed by atoms with Crippen molar-refractivity contribution in [1.82, 2.24) is 19.6 Å². The van der Waals surface area contributed by atoms with E-state index in [1.807, 2.05) is 44.2 Å². The number of benzene rings is 1. The Morgan fingerprint density at radius 3 is 2.41 bits per heavy atom. The SMILES string of the molecule is Cc1ccc(Nc2cc(C)nc3nc(C(C)(C)F)nn23)cc1. The minimum atomic E-state index is -1.61. The normalized spacial score (nSPS) is 11.9. The molecule has 0 saturated carbocycles. The molecule has 0 spiro atoms. The van der Waals surface area contributed by atoms with Crippen molar-refractivity contribution < 1.29 is 4.39 Å². The zero-order valence-corrected chi connectivity index (χ0v) is 13.1. The summed E-state index contributed by atoms with van der Waals surface area (Å²) >= 11 is 0. The number of aryl methyl sites for hydroxylation is 2. The predicted octanol–water partition coefficient (Wildman–Crippen LogP) is 3.69. The zero-order valence-electron chi connectivity index (χ0n) is 13.1. The molecule has 0 fully saturated rings. The van der Waals surface area contributed by atoms with Crippen molar-refractivity contribution in [1.29, 1.82) is 0 Å². The molecule has 114 valence electrons. The number of alkyl halides is 1. The van der Waals surface area contributed by atoms with Gasteiger partial charge in [0.25, 0.3) is 5.78 Å². The Morgan fingerprint density at radius 2 is 1.77 bits per heavy atom. The first-order valence-electron chi connectivity index (χ1n) is 7.10. The molecule has 6 heteroatoms. The molecular formula is C16H18FN5. The third-order valence-electron chi connectivity index (χ3n) is 3.30. The van der Waals surface area contributed by atoms with E-state index in [1.54, 1.807) is 0 Å². The maximum Gasteiger partial charge on any atom is 0.254 e. The molecule has 3 aromatic rings. The van der Waals surface area contributed by atoms with E-state index in [4.69, 9.17) is 0 Å². The number of nitrogens with one attached hydrogen (secondary N) is 1. The summed E-state index contributed by atoms with van der Waals surface area (Å²) in [5, 5.41) is 7.52. The van der Waals surface area contributed by atoms with E-state index in [2.05, 4.69) is 20.4 Å². The molecule has 1 N–H and O–H groups in total. The van der Waals surface area contributed by atoms with Crippen molar-refractivity contribution >= 4 is 17.3 Å². The number of halogens is 1. The molecule has 2 aromatic heterocycles. The number of nitrogens with zero attached hydrogens (tertiary/aromatic N) is 4. The van der Waals surface area contributed by atoms with Crippen molar-refractivity contribution in [2.45, 2.75) is 33.4 Å². The van der Waals surface area contributed by atoms with Gasteiger partial charge in [-0.1, -0.05) is 17.7 Å². The molecule has 0 amide bonds. The van der Waals surface area contributed by atoms with Crippen molar-refractivity contribution in [2.75, 3.05) is 5.32 Å². The first kappa shape index (κ1) is 14.4. The smallest absolute Gasteiger partial charge is 0.254 e. The number of rotatable bonds is 3. The molecule has 0 atom stereocenters. The van der Waals surface area contributed by atoms with Crippen LogP contribution in [0, 0.1) is 13.8 Å². The van der Waals surface area contributed by atoms with Crippen molar-refractivity contribution in [3.63, 3.8) is 0 Å². The molecule has 1 aromatic carbocycles. The van der Waals surface area contributed by atoms with Crippen LogP contribution in [0.3, 0.4) is 0 Å². The maximum absolute atomic E-state index is 14.1.